The molecule has 0 aliphatic rings. The first-order valence-electron chi connectivity index (χ1n) is 7.37. The van der Waals surface area contributed by atoms with Crippen molar-refractivity contribution in [3.8, 4) is 11.5 Å². The van der Waals surface area contributed by atoms with Gasteiger partial charge in [0.15, 0.2) is 6.61 Å². The Labute approximate surface area is 135 Å². The van der Waals surface area contributed by atoms with Crippen LogP contribution in [-0.2, 0) is 16.0 Å². The number of carbonyl (C=O) groups is 2. The molecule has 0 bridgehead atoms. The molecule has 120 valence electrons. The summed E-state index contributed by atoms with van der Waals surface area (Å²) < 4.78 is 10.7. The smallest absolute Gasteiger partial charge is 0.349 e. The van der Waals surface area contributed by atoms with Gasteiger partial charge < -0.3 is 14.8 Å². The van der Waals surface area contributed by atoms with Crippen molar-refractivity contribution < 1.29 is 19.1 Å². The minimum atomic E-state index is -0.483. The first kappa shape index (κ1) is 16.5. The molecule has 2 aromatic rings. The van der Waals surface area contributed by atoms with Gasteiger partial charge in [-0.25, -0.2) is 4.79 Å². The Morgan fingerprint density at radius 2 is 1.74 bits per heavy atom. The number of esters is 1. The predicted molar refractivity (Wildman–Crippen MR) is 87.7 cm³/mol. The van der Waals surface area contributed by atoms with Crippen molar-refractivity contribution >= 4 is 17.6 Å². The molecule has 0 aliphatic carbocycles. The molecule has 5 heteroatoms. The molecule has 5 nitrogen and oxygen atoms in total. The number of hydrogen-bond donors (Lipinski definition) is 1. The molecule has 0 saturated carbocycles. The lowest BCUT2D eigenvalue weighted by molar-refractivity contribution is -0.136. The van der Waals surface area contributed by atoms with E-state index in [4.69, 9.17) is 9.47 Å². The Morgan fingerprint density at radius 3 is 2.39 bits per heavy atom. The van der Waals surface area contributed by atoms with Crippen molar-refractivity contribution in [1.82, 2.24) is 0 Å². The minimum Gasteiger partial charge on any atom is -0.482 e. The summed E-state index contributed by atoms with van der Waals surface area (Å²) in [6, 6.07) is 14.1. The van der Waals surface area contributed by atoms with Gasteiger partial charge in [0.25, 0.3) is 0 Å². The van der Waals surface area contributed by atoms with Crippen molar-refractivity contribution in [2.24, 2.45) is 0 Å². The number of nitrogens with one attached hydrogen (secondary N) is 1. The molecular formula is C18H19NO4. The lowest BCUT2D eigenvalue weighted by Gasteiger charge is -2.10. The van der Waals surface area contributed by atoms with Gasteiger partial charge in [-0.15, -0.1) is 0 Å². The van der Waals surface area contributed by atoms with Gasteiger partial charge in [0.1, 0.15) is 11.5 Å². The number of aryl methyl sites for hydroxylation is 1. The standard InChI is InChI=1S/C18H19NO4/c1-3-14-6-4-5-7-17(14)22-12-18(21)23-16-10-8-15(9-11-16)19-13(2)20/h4-11H,3,12H2,1-2H3,(H,19,20). The number of benzene rings is 2. The molecule has 0 spiro atoms. The zero-order valence-corrected chi connectivity index (χ0v) is 13.2. The quantitative estimate of drug-likeness (QED) is 0.657. The zero-order valence-electron chi connectivity index (χ0n) is 13.2. The van der Waals surface area contributed by atoms with Gasteiger partial charge in [-0.3, -0.25) is 4.79 Å². The van der Waals surface area contributed by atoms with Gasteiger partial charge in [0.2, 0.25) is 5.91 Å². The van der Waals surface area contributed by atoms with Crippen LogP contribution in [0.1, 0.15) is 19.4 Å². The molecule has 1 amide bonds. The molecule has 0 aromatic heterocycles. The first-order chi connectivity index (χ1) is 11.1. The number of rotatable bonds is 6. The molecule has 23 heavy (non-hydrogen) atoms. The van der Waals surface area contributed by atoms with E-state index >= 15 is 0 Å². The Morgan fingerprint density at radius 1 is 1.04 bits per heavy atom. The van der Waals surface area contributed by atoms with Crippen LogP contribution >= 0.6 is 0 Å². The third kappa shape index (κ3) is 5.14. The molecule has 0 fully saturated rings. The molecule has 0 heterocycles. The van der Waals surface area contributed by atoms with Crippen LogP contribution in [0.2, 0.25) is 0 Å². The van der Waals surface area contributed by atoms with Gasteiger partial charge in [-0.1, -0.05) is 25.1 Å². The van der Waals surface area contributed by atoms with E-state index in [9.17, 15) is 9.59 Å². The normalized spacial score (nSPS) is 10.0. The summed E-state index contributed by atoms with van der Waals surface area (Å²) in [7, 11) is 0. The van der Waals surface area contributed by atoms with Crippen LogP contribution in [0.5, 0.6) is 11.5 Å². The minimum absolute atomic E-state index is 0.155. The fraction of sp³-hybridized carbons (Fsp3) is 0.222. The molecule has 0 saturated heterocycles. The van der Waals surface area contributed by atoms with Crippen molar-refractivity contribution in [1.29, 1.82) is 0 Å². The van der Waals surface area contributed by atoms with Crippen molar-refractivity contribution in [3.63, 3.8) is 0 Å². The summed E-state index contributed by atoms with van der Waals surface area (Å²) in [6.45, 7) is 3.29. The highest BCUT2D eigenvalue weighted by Gasteiger charge is 2.08. The summed E-state index contributed by atoms with van der Waals surface area (Å²) in [6.07, 6.45) is 0.829. The molecule has 0 atom stereocenters. The van der Waals surface area contributed by atoms with E-state index in [1.807, 2.05) is 31.2 Å². The van der Waals surface area contributed by atoms with Gasteiger partial charge in [-0.2, -0.15) is 0 Å². The van der Waals surface area contributed by atoms with Gasteiger partial charge in [-0.05, 0) is 42.3 Å². The maximum absolute atomic E-state index is 11.8. The number of hydrogen-bond acceptors (Lipinski definition) is 4. The fourth-order valence-corrected chi connectivity index (χ4v) is 2.04. The summed E-state index contributed by atoms with van der Waals surface area (Å²) >= 11 is 0. The van der Waals surface area contributed by atoms with E-state index in [2.05, 4.69) is 5.32 Å². The van der Waals surface area contributed by atoms with E-state index < -0.39 is 5.97 Å². The van der Waals surface area contributed by atoms with Crippen molar-refractivity contribution in [3.05, 3.63) is 54.1 Å². The number of amides is 1. The van der Waals surface area contributed by atoms with Gasteiger partial charge in [0, 0.05) is 12.6 Å². The lowest BCUT2D eigenvalue weighted by Crippen LogP contribution is -2.18. The number of carbonyl (C=O) groups excluding carboxylic acids is 2. The SMILES string of the molecule is CCc1ccccc1OCC(=O)Oc1ccc(NC(C)=O)cc1. The Balaban J connectivity index is 1.88. The van der Waals surface area contributed by atoms with Gasteiger partial charge in [0.05, 0.1) is 0 Å². The maximum atomic E-state index is 11.8. The predicted octanol–water partition coefficient (Wildman–Crippen LogP) is 3.19. The highest BCUT2D eigenvalue weighted by molar-refractivity contribution is 5.88. The molecule has 0 radical (unpaired) electrons. The second-order valence-electron chi connectivity index (χ2n) is 4.93. The second kappa shape index (κ2) is 7.98. The van der Waals surface area contributed by atoms with E-state index in [-0.39, 0.29) is 12.5 Å². The molecule has 2 aromatic carbocycles. The Bertz CT molecular complexity index is 680. The van der Waals surface area contributed by atoms with E-state index in [1.54, 1.807) is 24.3 Å². The number of ether oxygens (including phenoxy) is 2. The van der Waals surface area contributed by atoms with Crippen LogP contribution in [0.25, 0.3) is 0 Å². The lowest BCUT2D eigenvalue weighted by atomic mass is 10.1. The van der Waals surface area contributed by atoms with Crippen LogP contribution < -0.4 is 14.8 Å². The summed E-state index contributed by atoms with van der Waals surface area (Å²) in [5.74, 6) is 0.449. The number of anilines is 1. The Hall–Kier alpha value is -2.82. The molecule has 1 N–H and O–H groups in total. The van der Waals surface area contributed by atoms with Crippen LogP contribution in [0.4, 0.5) is 5.69 Å². The van der Waals surface area contributed by atoms with Crippen LogP contribution in [0, 0.1) is 0 Å². The van der Waals surface area contributed by atoms with Gasteiger partial charge >= 0.3 is 5.97 Å². The Kier molecular flexibility index (Phi) is 5.74. The summed E-state index contributed by atoms with van der Waals surface area (Å²) in [5, 5.41) is 2.64. The fourth-order valence-electron chi connectivity index (χ4n) is 2.04. The highest BCUT2D eigenvalue weighted by atomic mass is 16.6. The topological polar surface area (TPSA) is 64.6 Å². The van der Waals surface area contributed by atoms with E-state index in [0.29, 0.717) is 17.2 Å². The maximum Gasteiger partial charge on any atom is 0.349 e. The van der Waals surface area contributed by atoms with E-state index in [1.165, 1.54) is 6.92 Å². The third-order valence-corrected chi connectivity index (χ3v) is 3.11. The summed E-state index contributed by atoms with van der Waals surface area (Å²) in [5.41, 5.74) is 1.69. The van der Waals surface area contributed by atoms with E-state index in [0.717, 1.165) is 12.0 Å². The molecular weight excluding hydrogens is 294 g/mol. The zero-order chi connectivity index (χ0) is 16.7. The third-order valence-electron chi connectivity index (χ3n) is 3.11. The van der Waals surface area contributed by atoms with Crippen molar-refractivity contribution in [2.75, 3.05) is 11.9 Å². The largest absolute Gasteiger partial charge is 0.482 e. The number of para-hydroxylation sites is 1. The van der Waals surface area contributed by atoms with Crippen molar-refractivity contribution in [2.45, 2.75) is 20.3 Å². The average molecular weight is 313 g/mol. The van der Waals surface area contributed by atoms with Crippen LogP contribution in [-0.4, -0.2) is 18.5 Å². The van der Waals surface area contributed by atoms with Crippen LogP contribution in [0.15, 0.2) is 48.5 Å². The summed E-state index contributed by atoms with van der Waals surface area (Å²) in [4.78, 5) is 22.8. The molecule has 0 aliphatic heterocycles. The highest BCUT2D eigenvalue weighted by Crippen LogP contribution is 2.19. The molecule has 2 rings (SSSR count). The average Bonchev–Trinajstić information content (AvgIpc) is 2.54. The first-order valence-corrected chi connectivity index (χ1v) is 7.37. The van der Waals surface area contributed by atoms with Crippen LogP contribution in [0.3, 0.4) is 0 Å². The molecule has 0 unspecified atom stereocenters. The second-order valence-corrected chi connectivity index (χ2v) is 4.93. The monoisotopic (exact) mass is 313 g/mol.